The standard InChI is InChI=1S/C21H25FN2O2/c1-20(2)15-21(20,17-9-4-5-10-18(17)22)19(25)24(12-13-26-3)14-16-8-6-7-11-23-16/h4-11H,12-15H2,1-3H3. The Labute approximate surface area is 154 Å². The Kier molecular flexibility index (Phi) is 5.10. The van der Waals surface area contributed by atoms with Crippen LogP contribution in [0.3, 0.4) is 0 Å². The van der Waals surface area contributed by atoms with E-state index >= 15 is 0 Å². The largest absolute Gasteiger partial charge is 0.383 e. The number of methoxy groups -OCH3 is 1. The van der Waals surface area contributed by atoms with Crippen LogP contribution in [0, 0.1) is 11.2 Å². The molecule has 1 heterocycles. The van der Waals surface area contributed by atoms with Crippen LogP contribution in [0.25, 0.3) is 0 Å². The second-order valence-corrected chi connectivity index (χ2v) is 7.49. The number of aromatic nitrogens is 1. The first kappa shape index (κ1) is 18.5. The van der Waals surface area contributed by atoms with Gasteiger partial charge in [-0.15, -0.1) is 0 Å². The van der Waals surface area contributed by atoms with E-state index in [0.29, 0.717) is 31.7 Å². The number of rotatable bonds is 7. The zero-order chi connectivity index (χ0) is 18.8. The van der Waals surface area contributed by atoms with Crippen molar-refractivity contribution in [2.75, 3.05) is 20.3 Å². The van der Waals surface area contributed by atoms with Gasteiger partial charge in [-0.25, -0.2) is 4.39 Å². The predicted molar refractivity (Wildman–Crippen MR) is 98.0 cm³/mol. The maximum absolute atomic E-state index is 14.6. The Morgan fingerprint density at radius 3 is 2.50 bits per heavy atom. The third-order valence-electron chi connectivity index (χ3n) is 5.37. The molecule has 1 atom stereocenters. The highest BCUT2D eigenvalue weighted by Gasteiger charge is 2.68. The highest BCUT2D eigenvalue weighted by molar-refractivity contribution is 5.93. The molecular formula is C21H25FN2O2. The van der Waals surface area contributed by atoms with Gasteiger partial charge in [0.1, 0.15) is 5.82 Å². The molecule has 26 heavy (non-hydrogen) atoms. The number of amides is 1. The molecule has 0 bridgehead atoms. The fourth-order valence-electron chi connectivity index (χ4n) is 3.78. The number of benzene rings is 1. The van der Waals surface area contributed by atoms with Crippen LogP contribution in [-0.4, -0.2) is 36.1 Å². The van der Waals surface area contributed by atoms with E-state index in [-0.39, 0.29) is 17.1 Å². The van der Waals surface area contributed by atoms with E-state index in [1.165, 1.54) is 6.07 Å². The number of carbonyl (C=O) groups excluding carboxylic acids is 1. The van der Waals surface area contributed by atoms with Crippen LogP contribution in [0.15, 0.2) is 48.7 Å². The average Bonchev–Trinajstić information content (AvgIpc) is 3.22. The predicted octanol–water partition coefficient (Wildman–Crippen LogP) is 3.56. The van der Waals surface area contributed by atoms with Gasteiger partial charge in [0.2, 0.25) is 5.91 Å². The van der Waals surface area contributed by atoms with Crippen molar-refractivity contribution in [2.45, 2.75) is 32.2 Å². The summed E-state index contributed by atoms with van der Waals surface area (Å²) < 4.78 is 19.7. The lowest BCUT2D eigenvalue weighted by Crippen LogP contribution is -2.43. The number of carbonyl (C=O) groups is 1. The van der Waals surface area contributed by atoms with Crippen molar-refractivity contribution in [3.05, 3.63) is 65.7 Å². The molecule has 0 saturated heterocycles. The molecule has 1 amide bonds. The summed E-state index contributed by atoms with van der Waals surface area (Å²) in [4.78, 5) is 19.7. The summed E-state index contributed by atoms with van der Waals surface area (Å²) in [6, 6.07) is 12.2. The van der Waals surface area contributed by atoms with Crippen molar-refractivity contribution < 1.29 is 13.9 Å². The van der Waals surface area contributed by atoms with Crippen LogP contribution in [-0.2, 0) is 21.5 Å². The summed E-state index contributed by atoms with van der Waals surface area (Å²) in [5, 5.41) is 0. The maximum Gasteiger partial charge on any atom is 0.234 e. The third-order valence-corrected chi connectivity index (χ3v) is 5.37. The first-order valence-corrected chi connectivity index (χ1v) is 8.85. The minimum atomic E-state index is -0.832. The maximum atomic E-state index is 14.6. The number of nitrogens with zero attached hydrogens (tertiary/aromatic N) is 2. The Morgan fingerprint density at radius 1 is 1.23 bits per heavy atom. The van der Waals surface area contributed by atoms with Gasteiger partial charge in [0, 0.05) is 25.4 Å². The number of hydrogen-bond acceptors (Lipinski definition) is 3. The van der Waals surface area contributed by atoms with Gasteiger partial charge in [-0.3, -0.25) is 9.78 Å². The van der Waals surface area contributed by atoms with Crippen molar-refractivity contribution in [3.63, 3.8) is 0 Å². The van der Waals surface area contributed by atoms with Gasteiger partial charge in [-0.1, -0.05) is 38.1 Å². The second-order valence-electron chi connectivity index (χ2n) is 7.49. The molecule has 0 spiro atoms. The van der Waals surface area contributed by atoms with E-state index in [9.17, 15) is 9.18 Å². The summed E-state index contributed by atoms with van der Waals surface area (Å²) in [6.45, 7) is 5.29. The molecule has 0 aliphatic heterocycles. The molecule has 1 aliphatic carbocycles. The molecule has 0 N–H and O–H groups in total. The molecule has 4 nitrogen and oxygen atoms in total. The lowest BCUT2D eigenvalue weighted by Gasteiger charge is -2.30. The van der Waals surface area contributed by atoms with Gasteiger partial charge in [-0.2, -0.15) is 0 Å². The number of pyridine rings is 1. The fourth-order valence-corrected chi connectivity index (χ4v) is 3.78. The van der Waals surface area contributed by atoms with Crippen molar-refractivity contribution >= 4 is 5.91 Å². The van der Waals surface area contributed by atoms with E-state index < -0.39 is 5.41 Å². The van der Waals surface area contributed by atoms with Crippen LogP contribution in [0.1, 0.15) is 31.5 Å². The number of hydrogen-bond donors (Lipinski definition) is 0. The van der Waals surface area contributed by atoms with Crippen molar-refractivity contribution in [2.24, 2.45) is 5.41 Å². The summed E-state index contributed by atoms with van der Waals surface area (Å²) in [7, 11) is 1.61. The topological polar surface area (TPSA) is 42.4 Å². The number of ether oxygens (including phenoxy) is 1. The fraction of sp³-hybridized carbons (Fsp3) is 0.429. The van der Waals surface area contributed by atoms with Crippen LogP contribution in [0.4, 0.5) is 4.39 Å². The van der Waals surface area contributed by atoms with Crippen LogP contribution < -0.4 is 0 Å². The van der Waals surface area contributed by atoms with Gasteiger partial charge in [-0.05, 0) is 30.0 Å². The molecule has 1 aliphatic rings. The van der Waals surface area contributed by atoms with E-state index in [1.807, 2.05) is 32.0 Å². The molecule has 0 radical (unpaired) electrons. The minimum absolute atomic E-state index is 0.0599. The normalized spacial score (nSPS) is 20.6. The molecule has 1 unspecified atom stereocenters. The van der Waals surface area contributed by atoms with Gasteiger partial charge in [0.15, 0.2) is 0 Å². The first-order valence-electron chi connectivity index (χ1n) is 8.85. The SMILES string of the molecule is COCCN(Cc1ccccn1)C(=O)C1(c2ccccc2F)CC1(C)C. The van der Waals surface area contributed by atoms with E-state index in [2.05, 4.69) is 4.98 Å². The van der Waals surface area contributed by atoms with Crippen molar-refractivity contribution in [1.82, 2.24) is 9.88 Å². The highest BCUT2D eigenvalue weighted by Crippen LogP contribution is 2.65. The summed E-state index contributed by atoms with van der Waals surface area (Å²) in [5.41, 5.74) is 0.167. The Morgan fingerprint density at radius 2 is 1.92 bits per heavy atom. The minimum Gasteiger partial charge on any atom is -0.383 e. The van der Waals surface area contributed by atoms with Crippen LogP contribution in [0.5, 0.6) is 0 Å². The zero-order valence-electron chi connectivity index (χ0n) is 15.5. The first-order chi connectivity index (χ1) is 12.4. The van der Waals surface area contributed by atoms with E-state index in [0.717, 1.165) is 5.69 Å². The highest BCUT2D eigenvalue weighted by atomic mass is 19.1. The van der Waals surface area contributed by atoms with E-state index in [1.54, 1.807) is 36.4 Å². The van der Waals surface area contributed by atoms with Gasteiger partial charge >= 0.3 is 0 Å². The summed E-state index contributed by atoms with van der Waals surface area (Å²) in [5.74, 6) is -0.383. The zero-order valence-corrected chi connectivity index (χ0v) is 15.5. The van der Waals surface area contributed by atoms with Gasteiger partial charge < -0.3 is 9.64 Å². The summed E-state index contributed by atoms with van der Waals surface area (Å²) in [6.07, 6.45) is 2.34. The number of halogens is 1. The average molecular weight is 356 g/mol. The smallest absolute Gasteiger partial charge is 0.234 e. The Balaban J connectivity index is 1.95. The third kappa shape index (κ3) is 3.23. The molecule has 3 rings (SSSR count). The van der Waals surface area contributed by atoms with Crippen LogP contribution >= 0.6 is 0 Å². The molecule has 1 aromatic carbocycles. The Bertz CT molecular complexity index is 779. The van der Waals surface area contributed by atoms with Crippen molar-refractivity contribution in [3.8, 4) is 0 Å². The molecule has 138 valence electrons. The summed E-state index contributed by atoms with van der Waals surface area (Å²) >= 11 is 0. The monoisotopic (exact) mass is 356 g/mol. The van der Waals surface area contributed by atoms with Crippen LogP contribution in [0.2, 0.25) is 0 Å². The molecule has 1 aromatic heterocycles. The molecule has 1 fully saturated rings. The van der Waals surface area contributed by atoms with Gasteiger partial charge in [0.05, 0.1) is 24.3 Å². The lowest BCUT2D eigenvalue weighted by atomic mass is 9.86. The molecular weight excluding hydrogens is 331 g/mol. The molecule has 2 aromatic rings. The molecule has 1 saturated carbocycles. The molecule has 5 heteroatoms. The van der Waals surface area contributed by atoms with E-state index in [4.69, 9.17) is 4.74 Å². The quantitative estimate of drug-likeness (QED) is 0.762. The lowest BCUT2D eigenvalue weighted by molar-refractivity contribution is -0.136. The van der Waals surface area contributed by atoms with Crippen molar-refractivity contribution in [1.29, 1.82) is 0 Å². The Hall–Kier alpha value is -2.27. The second kappa shape index (κ2) is 7.16. The van der Waals surface area contributed by atoms with Gasteiger partial charge in [0.25, 0.3) is 0 Å².